The van der Waals surface area contributed by atoms with Crippen LogP contribution in [0.1, 0.15) is 36.5 Å². The van der Waals surface area contributed by atoms with E-state index in [4.69, 9.17) is 18.9 Å². The smallest absolute Gasteiger partial charge is 0.227 e. The van der Waals surface area contributed by atoms with Gasteiger partial charge in [-0.1, -0.05) is 13.0 Å². The first kappa shape index (κ1) is 29.6. The SMILES string of the molecule is CCCN(CCCN1CCc2cc(OC)c(OC)cc2CC1=O)CCc1ccc(OC)c(OC)c1.Cl. The largest absolute Gasteiger partial charge is 0.493 e. The number of benzene rings is 2. The molecule has 36 heavy (non-hydrogen) atoms. The van der Waals surface area contributed by atoms with Gasteiger partial charge < -0.3 is 28.7 Å². The standard InChI is InChI=1S/C28H40N2O5.ClH/c1-6-12-29(15-10-21-8-9-24(32-2)25(17-21)33-3)13-7-14-30-16-11-22-18-26(34-4)27(35-5)19-23(22)20-28(30)31;/h8-9,17-19H,6-7,10-16,20H2,1-5H3;1H. The number of hydrogen-bond acceptors (Lipinski definition) is 6. The normalized spacial score (nSPS) is 13.1. The maximum Gasteiger partial charge on any atom is 0.227 e. The summed E-state index contributed by atoms with van der Waals surface area (Å²) in [7, 11) is 6.59. The fourth-order valence-corrected chi connectivity index (χ4v) is 4.71. The van der Waals surface area contributed by atoms with E-state index in [2.05, 4.69) is 24.0 Å². The van der Waals surface area contributed by atoms with Crippen molar-refractivity contribution in [3.63, 3.8) is 0 Å². The van der Waals surface area contributed by atoms with Crippen molar-refractivity contribution in [1.82, 2.24) is 9.80 Å². The highest BCUT2D eigenvalue weighted by atomic mass is 35.5. The van der Waals surface area contributed by atoms with Crippen molar-refractivity contribution in [1.29, 1.82) is 0 Å². The van der Waals surface area contributed by atoms with Crippen molar-refractivity contribution in [2.24, 2.45) is 0 Å². The van der Waals surface area contributed by atoms with Crippen LogP contribution in [0.4, 0.5) is 0 Å². The molecular formula is C28H41ClN2O5. The van der Waals surface area contributed by atoms with Crippen LogP contribution in [0.5, 0.6) is 23.0 Å². The Balaban J connectivity index is 0.00000456. The third kappa shape index (κ3) is 7.68. The molecule has 200 valence electrons. The second kappa shape index (κ2) is 14.8. The summed E-state index contributed by atoms with van der Waals surface area (Å²) in [5, 5.41) is 0. The van der Waals surface area contributed by atoms with Crippen molar-refractivity contribution in [2.75, 3.05) is 61.2 Å². The Morgan fingerprint density at radius 3 is 2.11 bits per heavy atom. The molecule has 0 spiro atoms. The highest BCUT2D eigenvalue weighted by Crippen LogP contribution is 2.32. The van der Waals surface area contributed by atoms with Crippen LogP contribution in [0, 0.1) is 0 Å². The van der Waals surface area contributed by atoms with Gasteiger partial charge in [0.2, 0.25) is 5.91 Å². The average Bonchev–Trinajstić information content (AvgIpc) is 3.03. The van der Waals surface area contributed by atoms with E-state index < -0.39 is 0 Å². The second-order valence-corrected chi connectivity index (χ2v) is 8.92. The molecule has 7 nitrogen and oxygen atoms in total. The molecule has 0 aromatic heterocycles. The summed E-state index contributed by atoms with van der Waals surface area (Å²) in [5.41, 5.74) is 3.44. The summed E-state index contributed by atoms with van der Waals surface area (Å²) >= 11 is 0. The molecule has 1 aliphatic rings. The van der Waals surface area contributed by atoms with Crippen LogP contribution < -0.4 is 18.9 Å². The van der Waals surface area contributed by atoms with Crippen LogP contribution >= 0.6 is 12.4 Å². The van der Waals surface area contributed by atoms with Gasteiger partial charge in [0.1, 0.15) is 0 Å². The summed E-state index contributed by atoms with van der Waals surface area (Å²) < 4.78 is 21.7. The number of rotatable bonds is 13. The number of halogens is 1. The quantitative estimate of drug-likeness (QED) is 0.390. The fourth-order valence-electron chi connectivity index (χ4n) is 4.71. The van der Waals surface area contributed by atoms with E-state index in [-0.39, 0.29) is 18.3 Å². The molecule has 1 amide bonds. The minimum Gasteiger partial charge on any atom is -0.493 e. The minimum absolute atomic E-state index is 0. The Labute approximate surface area is 222 Å². The molecule has 2 aromatic rings. The summed E-state index contributed by atoms with van der Waals surface area (Å²) in [4.78, 5) is 17.5. The highest BCUT2D eigenvalue weighted by Gasteiger charge is 2.22. The molecule has 1 aliphatic heterocycles. The Hall–Kier alpha value is -2.64. The second-order valence-electron chi connectivity index (χ2n) is 8.92. The zero-order valence-electron chi connectivity index (χ0n) is 22.3. The molecule has 0 bridgehead atoms. The van der Waals surface area contributed by atoms with E-state index in [0.29, 0.717) is 12.2 Å². The molecule has 0 unspecified atom stereocenters. The van der Waals surface area contributed by atoms with Crippen molar-refractivity contribution >= 4 is 18.3 Å². The summed E-state index contributed by atoms with van der Waals surface area (Å²) in [5.74, 6) is 3.10. The predicted molar refractivity (Wildman–Crippen MR) is 145 cm³/mol. The monoisotopic (exact) mass is 520 g/mol. The van der Waals surface area contributed by atoms with Crippen LogP contribution in [0.15, 0.2) is 30.3 Å². The maximum absolute atomic E-state index is 13.0. The molecule has 0 radical (unpaired) electrons. The van der Waals surface area contributed by atoms with Gasteiger partial charge in [-0.2, -0.15) is 0 Å². The van der Waals surface area contributed by atoms with E-state index in [1.165, 1.54) is 11.1 Å². The topological polar surface area (TPSA) is 60.5 Å². The van der Waals surface area contributed by atoms with Crippen LogP contribution in [0.2, 0.25) is 0 Å². The number of amides is 1. The Bertz CT molecular complexity index is 985. The lowest BCUT2D eigenvalue weighted by Gasteiger charge is -2.25. The van der Waals surface area contributed by atoms with Gasteiger partial charge in [-0.3, -0.25) is 4.79 Å². The molecule has 2 aromatic carbocycles. The molecular weight excluding hydrogens is 480 g/mol. The van der Waals surface area contributed by atoms with E-state index in [1.54, 1.807) is 28.4 Å². The van der Waals surface area contributed by atoms with E-state index in [1.807, 2.05) is 23.1 Å². The summed E-state index contributed by atoms with van der Waals surface area (Å²) in [6.45, 7) is 6.72. The molecule has 0 atom stereocenters. The van der Waals surface area contributed by atoms with Gasteiger partial charge in [0.05, 0.1) is 34.9 Å². The van der Waals surface area contributed by atoms with Crippen molar-refractivity contribution in [3.05, 3.63) is 47.0 Å². The lowest BCUT2D eigenvalue weighted by molar-refractivity contribution is -0.130. The number of hydrogen-bond donors (Lipinski definition) is 0. The third-order valence-corrected chi connectivity index (χ3v) is 6.66. The van der Waals surface area contributed by atoms with Crippen molar-refractivity contribution in [2.45, 2.75) is 39.0 Å². The zero-order valence-corrected chi connectivity index (χ0v) is 23.1. The molecule has 0 saturated carbocycles. The molecule has 0 fully saturated rings. The maximum atomic E-state index is 13.0. The lowest BCUT2D eigenvalue weighted by Crippen LogP contribution is -2.36. The first-order chi connectivity index (χ1) is 17.0. The third-order valence-electron chi connectivity index (χ3n) is 6.66. The number of fused-ring (bicyclic) bond motifs is 1. The van der Waals surface area contributed by atoms with Crippen molar-refractivity contribution < 1.29 is 23.7 Å². The number of ether oxygens (including phenoxy) is 4. The van der Waals surface area contributed by atoms with Gasteiger partial charge in [-0.15, -0.1) is 12.4 Å². The first-order valence-electron chi connectivity index (χ1n) is 12.5. The molecule has 8 heteroatoms. The van der Waals surface area contributed by atoms with Crippen molar-refractivity contribution in [3.8, 4) is 23.0 Å². The molecule has 3 rings (SSSR count). The summed E-state index contributed by atoms with van der Waals surface area (Å²) in [6, 6.07) is 10.1. The lowest BCUT2D eigenvalue weighted by atomic mass is 10.0. The van der Waals surface area contributed by atoms with Crippen LogP contribution in [0.25, 0.3) is 0 Å². The van der Waals surface area contributed by atoms with Crippen LogP contribution in [-0.2, 0) is 24.1 Å². The number of carbonyl (C=O) groups excluding carboxylic acids is 1. The Kier molecular flexibility index (Phi) is 12.2. The van der Waals surface area contributed by atoms with Gasteiger partial charge in [0.25, 0.3) is 0 Å². The molecule has 1 heterocycles. The fraction of sp³-hybridized carbons (Fsp3) is 0.536. The van der Waals surface area contributed by atoms with Crippen LogP contribution in [-0.4, -0.2) is 76.9 Å². The number of carbonyl (C=O) groups is 1. The van der Waals surface area contributed by atoms with Gasteiger partial charge in [0.15, 0.2) is 23.0 Å². The van der Waals surface area contributed by atoms with Gasteiger partial charge in [-0.05, 0) is 79.7 Å². The molecule has 0 N–H and O–H groups in total. The Morgan fingerprint density at radius 2 is 1.47 bits per heavy atom. The minimum atomic E-state index is 0. The first-order valence-corrected chi connectivity index (χ1v) is 12.5. The predicted octanol–water partition coefficient (Wildman–Crippen LogP) is 4.41. The highest BCUT2D eigenvalue weighted by molar-refractivity contribution is 5.85. The number of nitrogens with zero attached hydrogens (tertiary/aromatic N) is 2. The number of methoxy groups -OCH3 is 4. The average molecular weight is 521 g/mol. The summed E-state index contributed by atoms with van der Waals surface area (Å²) in [6.07, 6.45) is 4.25. The van der Waals surface area contributed by atoms with E-state index in [9.17, 15) is 4.79 Å². The Morgan fingerprint density at radius 1 is 0.833 bits per heavy atom. The molecule has 0 saturated heterocycles. The van der Waals surface area contributed by atoms with Gasteiger partial charge in [0, 0.05) is 19.6 Å². The van der Waals surface area contributed by atoms with E-state index >= 15 is 0 Å². The van der Waals surface area contributed by atoms with Gasteiger partial charge in [-0.25, -0.2) is 0 Å². The van der Waals surface area contributed by atoms with Gasteiger partial charge >= 0.3 is 0 Å². The molecule has 0 aliphatic carbocycles. The van der Waals surface area contributed by atoms with E-state index in [0.717, 1.165) is 81.2 Å². The van der Waals surface area contributed by atoms with Crippen LogP contribution in [0.3, 0.4) is 0 Å². The zero-order chi connectivity index (χ0) is 25.2.